The van der Waals surface area contributed by atoms with E-state index in [2.05, 4.69) is 51.7 Å². The smallest absolute Gasteiger partial charge is 0.0527 e. The highest BCUT2D eigenvalue weighted by atomic mass is 15.3. The van der Waals surface area contributed by atoms with Gasteiger partial charge in [-0.05, 0) is 63.8 Å². The molecule has 0 aliphatic carbocycles. The number of likely N-dealkylation sites (tertiary alicyclic amines) is 1. The quantitative estimate of drug-likeness (QED) is 0.849. The average Bonchev–Trinajstić information content (AvgIpc) is 2.97. The maximum atomic E-state index is 4.48. The molecule has 1 saturated heterocycles. The van der Waals surface area contributed by atoms with Crippen LogP contribution in [0, 0.1) is 5.92 Å². The maximum absolute atomic E-state index is 4.48. The van der Waals surface area contributed by atoms with Gasteiger partial charge < -0.3 is 0 Å². The van der Waals surface area contributed by atoms with E-state index >= 15 is 0 Å². The first-order valence-corrected chi connectivity index (χ1v) is 8.37. The monoisotopic (exact) mass is 298 g/mol. The standard InChI is InChI=1S/C18H26N4/c1-15(2)22-18(8-10-20-22)14-21-11-5-6-16(13-21)12-17-7-3-4-9-19-17/h3-4,7-10,15-16H,5-6,11-14H2,1-2H3. The summed E-state index contributed by atoms with van der Waals surface area (Å²) in [6, 6.07) is 8.81. The summed E-state index contributed by atoms with van der Waals surface area (Å²) < 4.78 is 2.14. The van der Waals surface area contributed by atoms with Gasteiger partial charge in [0.15, 0.2) is 0 Å². The van der Waals surface area contributed by atoms with E-state index in [1.54, 1.807) is 0 Å². The van der Waals surface area contributed by atoms with E-state index in [1.807, 2.05) is 18.5 Å². The molecule has 1 unspecified atom stereocenters. The summed E-state index contributed by atoms with van der Waals surface area (Å²) in [7, 11) is 0. The number of hydrogen-bond donors (Lipinski definition) is 0. The molecule has 0 saturated carbocycles. The zero-order valence-electron chi connectivity index (χ0n) is 13.7. The topological polar surface area (TPSA) is 34.0 Å². The Morgan fingerprint density at radius 2 is 2.14 bits per heavy atom. The molecule has 1 fully saturated rings. The Hall–Kier alpha value is -1.68. The molecular weight excluding hydrogens is 272 g/mol. The molecule has 2 aromatic heterocycles. The van der Waals surface area contributed by atoms with Crippen molar-refractivity contribution in [2.45, 2.75) is 45.7 Å². The lowest BCUT2D eigenvalue weighted by Crippen LogP contribution is -2.36. The van der Waals surface area contributed by atoms with Gasteiger partial charge >= 0.3 is 0 Å². The predicted molar refractivity (Wildman–Crippen MR) is 88.6 cm³/mol. The first-order valence-electron chi connectivity index (χ1n) is 8.37. The number of aromatic nitrogens is 3. The van der Waals surface area contributed by atoms with Gasteiger partial charge in [-0.25, -0.2) is 0 Å². The van der Waals surface area contributed by atoms with Crippen LogP contribution in [0.15, 0.2) is 36.7 Å². The Labute approximate surface area is 133 Å². The van der Waals surface area contributed by atoms with Gasteiger partial charge in [-0.15, -0.1) is 0 Å². The van der Waals surface area contributed by atoms with Crippen LogP contribution in [-0.4, -0.2) is 32.8 Å². The first kappa shape index (κ1) is 15.2. The number of hydrogen-bond acceptors (Lipinski definition) is 3. The van der Waals surface area contributed by atoms with E-state index in [-0.39, 0.29) is 0 Å². The summed E-state index contributed by atoms with van der Waals surface area (Å²) in [4.78, 5) is 7.05. The van der Waals surface area contributed by atoms with Gasteiger partial charge in [0.05, 0.1) is 5.69 Å². The Morgan fingerprint density at radius 3 is 2.91 bits per heavy atom. The minimum Gasteiger partial charge on any atom is -0.297 e. The van der Waals surface area contributed by atoms with Gasteiger partial charge in [0, 0.05) is 37.2 Å². The van der Waals surface area contributed by atoms with Crippen LogP contribution in [0.1, 0.15) is 44.1 Å². The fourth-order valence-electron chi connectivity index (χ4n) is 3.44. The Kier molecular flexibility index (Phi) is 4.88. The second-order valence-electron chi connectivity index (χ2n) is 6.63. The van der Waals surface area contributed by atoms with Gasteiger partial charge in [0.25, 0.3) is 0 Å². The molecule has 3 heterocycles. The average molecular weight is 298 g/mol. The van der Waals surface area contributed by atoms with Gasteiger partial charge in [-0.3, -0.25) is 14.6 Å². The van der Waals surface area contributed by atoms with E-state index < -0.39 is 0 Å². The van der Waals surface area contributed by atoms with Gasteiger partial charge in [0.2, 0.25) is 0 Å². The third kappa shape index (κ3) is 3.74. The number of rotatable bonds is 5. The Bertz CT molecular complexity index is 576. The number of piperidine rings is 1. The molecule has 118 valence electrons. The molecule has 0 bridgehead atoms. The lowest BCUT2D eigenvalue weighted by atomic mass is 9.93. The number of pyridine rings is 1. The van der Waals surface area contributed by atoms with Gasteiger partial charge in [-0.1, -0.05) is 6.07 Å². The van der Waals surface area contributed by atoms with Gasteiger partial charge in [0.1, 0.15) is 0 Å². The van der Waals surface area contributed by atoms with E-state index in [0.717, 1.165) is 18.9 Å². The Morgan fingerprint density at radius 1 is 1.23 bits per heavy atom. The van der Waals surface area contributed by atoms with Crippen LogP contribution in [0.5, 0.6) is 0 Å². The van der Waals surface area contributed by atoms with Crippen molar-refractivity contribution >= 4 is 0 Å². The zero-order chi connectivity index (χ0) is 15.4. The largest absolute Gasteiger partial charge is 0.297 e. The van der Waals surface area contributed by atoms with Crippen molar-refractivity contribution in [3.05, 3.63) is 48.0 Å². The second-order valence-corrected chi connectivity index (χ2v) is 6.63. The normalized spacial score (nSPS) is 19.7. The minimum absolute atomic E-state index is 0.430. The zero-order valence-corrected chi connectivity index (χ0v) is 13.7. The lowest BCUT2D eigenvalue weighted by Gasteiger charge is -2.32. The summed E-state index contributed by atoms with van der Waals surface area (Å²) in [5.74, 6) is 0.721. The molecule has 1 aliphatic rings. The molecule has 0 N–H and O–H groups in total. The molecule has 1 atom stereocenters. The van der Waals surface area contributed by atoms with Crippen LogP contribution in [0.3, 0.4) is 0 Å². The summed E-state index contributed by atoms with van der Waals surface area (Å²) >= 11 is 0. The molecule has 0 aromatic carbocycles. The molecule has 0 amide bonds. The van der Waals surface area contributed by atoms with Crippen molar-refractivity contribution in [1.82, 2.24) is 19.7 Å². The highest BCUT2D eigenvalue weighted by Gasteiger charge is 2.21. The fourth-order valence-corrected chi connectivity index (χ4v) is 3.44. The molecule has 3 rings (SSSR count). The van der Waals surface area contributed by atoms with Crippen LogP contribution in [0.2, 0.25) is 0 Å². The van der Waals surface area contributed by atoms with Crippen LogP contribution >= 0.6 is 0 Å². The van der Waals surface area contributed by atoms with E-state index in [9.17, 15) is 0 Å². The van der Waals surface area contributed by atoms with Crippen molar-refractivity contribution in [3.63, 3.8) is 0 Å². The molecule has 4 heteroatoms. The molecule has 0 spiro atoms. The molecule has 22 heavy (non-hydrogen) atoms. The van der Waals surface area contributed by atoms with E-state index in [0.29, 0.717) is 6.04 Å². The molecule has 2 aromatic rings. The van der Waals surface area contributed by atoms with Crippen molar-refractivity contribution in [1.29, 1.82) is 0 Å². The highest BCUT2D eigenvalue weighted by Crippen LogP contribution is 2.22. The SMILES string of the molecule is CC(C)n1nccc1CN1CCCC(Cc2ccccn2)C1. The van der Waals surface area contributed by atoms with Crippen LogP contribution < -0.4 is 0 Å². The Balaban J connectivity index is 1.60. The molecule has 4 nitrogen and oxygen atoms in total. The second kappa shape index (κ2) is 7.05. The fraction of sp³-hybridized carbons (Fsp3) is 0.556. The molecular formula is C18H26N4. The van der Waals surface area contributed by atoms with Crippen molar-refractivity contribution in [3.8, 4) is 0 Å². The number of nitrogens with zero attached hydrogens (tertiary/aromatic N) is 4. The maximum Gasteiger partial charge on any atom is 0.0527 e. The van der Waals surface area contributed by atoms with Gasteiger partial charge in [-0.2, -0.15) is 5.10 Å². The van der Waals surface area contributed by atoms with E-state index in [1.165, 1.54) is 37.3 Å². The lowest BCUT2D eigenvalue weighted by molar-refractivity contribution is 0.161. The summed E-state index contributed by atoms with van der Waals surface area (Å²) in [6.07, 6.45) is 7.52. The minimum atomic E-state index is 0.430. The summed E-state index contributed by atoms with van der Waals surface area (Å²) in [5, 5.41) is 4.45. The first-order chi connectivity index (χ1) is 10.7. The third-order valence-electron chi connectivity index (χ3n) is 4.45. The third-order valence-corrected chi connectivity index (χ3v) is 4.45. The highest BCUT2D eigenvalue weighted by molar-refractivity contribution is 5.05. The van der Waals surface area contributed by atoms with Crippen LogP contribution in [0.25, 0.3) is 0 Å². The summed E-state index contributed by atoms with van der Waals surface area (Å²) in [6.45, 7) is 7.76. The predicted octanol–water partition coefficient (Wildman–Crippen LogP) is 3.31. The van der Waals surface area contributed by atoms with E-state index in [4.69, 9.17) is 0 Å². The summed E-state index contributed by atoms with van der Waals surface area (Å²) in [5.41, 5.74) is 2.55. The molecule has 0 radical (unpaired) electrons. The van der Waals surface area contributed by atoms with Crippen LogP contribution in [0.4, 0.5) is 0 Å². The van der Waals surface area contributed by atoms with Crippen molar-refractivity contribution in [2.24, 2.45) is 5.92 Å². The molecule has 1 aliphatic heterocycles. The van der Waals surface area contributed by atoms with Crippen LogP contribution in [-0.2, 0) is 13.0 Å². The van der Waals surface area contributed by atoms with Crippen molar-refractivity contribution < 1.29 is 0 Å². The van der Waals surface area contributed by atoms with Crippen molar-refractivity contribution in [2.75, 3.05) is 13.1 Å².